The topological polar surface area (TPSA) is 354 Å². The lowest BCUT2D eigenvalue weighted by molar-refractivity contribution is -0.366. The van der Waals surface area contributed by atoms with Gasteiger partial charge in [0.2, 0.25) is 5.91 Å². The first-order chi connectivity index (χ1) is 30.2. The number of nitrogens with zero attached hydrogens (tertiary/aromatic N) is 1. The Morgan fingerprint density at radius 3 is 1.62 bits per heavy atom. The van der Waals surface area contributed by atoms with E-state index in [1.54, 1.807) is 0 Å². The molecule has 23 heteroatoms. The second-order valence-electron chi connectivity index (χ2n) is 16.5. The van der Waals surface area contributed by atoms with Crippen LogP contribution in [0.2, 0.25) is 0 Å². The van der Waals surface area contributed by atoms with Crippen molar-refractivity contribution < 1.29 is 104 Å². The van der Waals surface area contributed by atoms with Crippen LogP contribution in [0, 0.1) is 0 Å². The predicted molar refractivity (Wildman–Crippen MR) is 211 cm³/mol. The number of rotatable bonds is 27. The maximum Gasteiger partial charge on any atom is 0.332 e. The van der Waals surface area contributed by atoms with Gasteiger partial charge in [-0.2, -0.15) is 0 Å². The Bertz CT molecular complexity index is 1350. The van der Waals surface area contributed by atoms with Crippen LogP contribution in [-0.2, 0) is 47.6 Å². The summed E-state index contributed by atoms with van der Waals surface area (Å²) in [6.45, 7) is -2.28. The molecular formula is C40H70N2O21. The second kappa shape index (κ2) is 27.4. The van der Waals surface area contributed by atoms with Crippen LogP contribution in [0.4, 0.5) is 0 Å². The number of ether oxygens (including phenoxy) is 6. The average Bonchev–Trinajstić information content (AvgIpc) is 3.58. The molecular weight excluding hydrogens is 844 g/mol. The van der Waals surface area contributed by atoms with E-state index in [1.165, 1.54) is 0 Å². The van der Waals surface area contributed by atoms with Gasteiger partial charge in [-0.05, 0) is 12.8 Å². The maximum atomic E-state index is 12.5. The van der Waals surface area contributed by atoms with Crippen LogP contribution in [0.1, 0.15) is 103 Å². The summed E-state index contributed by atoms with van der Waals surface area (Å²) in [6.07, 6.45) is -13.3. The Balaban J connectivity index is 1.10. The number of carbonyl (C=O) groups excluding carboxylic acids is 3. The van der Waals surface area contributed by atoms with E-state index in [0.29, 0.717) is 12.8 Å². The van der Waals surface area contributed by atoms with E-state index in [9.17, 15) is 70.6 Å². The highest BCUT2D eigenvalue weighted by molar-refractivity contribution is 5.79. The minimum Gasteiger partial charge on any atom is -0.394 e. The number of nitrogens with one attached hydrogen (secondary N) is 1. The third-order valence-corrected chi connectivity index (χ3v) is 11.6. The predicted octanol–water partition coefficient (Wildman–Crippen LogP) is -3.57. The van der Waals surface area contributed by atoms with Crippen molar-refractivity contribution in [1.29, 1.82) is 0 Å². The quantitative estimate of drug-likeness (QED) is 0.0355. The summed E-state index contributed by atoms with van der Waals surface area (Å²) in [5, 5.41) is 116. The van der Waals surface area contributed by atoms with E-state index in [1.807, 2.05) is 0 Å². The zero-order chi connectivity index (χ0) is 46.1. The molecule has 4 rings (SSSR count). The first-order valence-electron chi connectivity index (χ1n) is 22.2. The standard InChI is InChI=1S/C40H70N2O21/c43-19-22-29(49)32(52)34(54)38(59-22)58-21-24-31(51)37(62-40-35(55)33(53)30(50)23(20-44)60-40)36(56)39(61-24)57-18-17-41-25(45)13-11-9-7-5-3-1-2-4-6-8-10-12-14-28(48)63-42-26(46)15-16-27(42)47/h22-24,26,29-40,43-44,46,49-56H,1-21H2,(H,41,45)/t22?,23?,24-,26?,29-,30-,31-,32+,33+,34+,35?,36+,37+,38+,39-,40-/m1/s1. The molecule has 4 aliphatic heterocycles. The van der Waals surface area contributed by atoms with E-state index in [2.05, 4.69) is 5.32 Å². The summed E-state index contributed by atoms with van der Waals surface area (Å²) in [5.41, 5.74) is 0. The molecule has 12 N–H and O–H groups in total. The lowest BCUT2D eigenvalue weighted by atomic mass is 9.96. The summed E-state index contributed by atoms with van der Waals surface area (Å²) in [7, 11) is 0. The van der Waals surface area contributed by atoms with Gasteiger partial charge in [0.1, 0.15) is 73.2 Å². The monoisotopic (exact) mass is 914 g/mol. The van der Waals surface area contributed by atoms with Crippen molar-refractivity contribution in [2.45, 2.75) is 201 Å². The summed E-state index contributed by atoms with van der Waals surface area (Å²) < 4.78 is 33.4. The molecule has 4 heterocycles. The molecule has 4 aliphatic rings. The number of hydroxylamine groups is 2. The van der Waals surface area contributed by atoms with Crippen LogP contribution in [0.5, 0.6) is 0 Å². The van der Waals surface area contributed by atoms with Gasteiger partial charge < -0.3 is 94.7 Å². The van der Waals surface area contributed by atoms with Gasteiger partial charge in [-0.15, -0.1) is 5.06 Å². The largest absolute Gasteiger partial charge is 0.394 e. The molecule has 0 aromatic rings. The van der Waals surface area contributed by atoms with Crippen molar-refractivity contribution in [3.63, 3.8) is 0 Å². The van der Waals surface area contributed by atoms with Gasteiger partial charge in [0.25, 0.3) is 5.91 Å². The van der Waals surface area contributed by atoms with Crippen LogP contribution in [-0.4, -0.2) is 210 Å². The fourth-order valence-electron chi connectivity index (χ4n) is 7.76. The molecule has 0 bridgehead atoms. The molecule has 0 spiro atoms. The Morgan fingerprint density at radius 2 is 1.08 bits per heavy atom. The van der Waals surface area contributed by atoms with Crippen molar-refractivity contribution in [2.24, 2.45) is 0 Å². The fraction of sp³-hybridized carbons (Fsp3) is 0.925. The van der Waals surface area contributed by atoms with Crippen LogP contribution >= 0.6 is 0 Å². The van der Waals surface area contributed by atoms with E-state index in [0.717, 1.165) is 69.3 Å². The van der Waals surface area contributed by atoms with Crippen molar-refractivity contribution in [3.05, 3.63) is 0 Å². The summed E-state index contributed by atoms with van der Waals surface area (Å²) in [6, 6.07) is 0. The molecule has 366 valence electrons. The van der Waals surface area contributed by atoms with Gasteiger partial charge in [0, 0.05) is 32.2 Å². The fourth-order valence-corrected chi connectivity index (χ4v) is 7.76. The van der Waals surface area contributed by atoms with Crippen LogP contribution in [0.15, 0.2) is 0 Å². The highest BCUT2D eigenvalue weighted by atomic mass is 16.8. The van der Waals surface area contributed by atoms with Crippen molar-refractivity contribution in [2.75, 3.05) is 33.0 Å². The summed E-state index contributed by atoms with van der Waals surface area (Å²) in [4.78, 5) is 40.9. The minimum atomic E-state index is -1.89. The Kier molecular flexibility index (Phi) is 23.2. The molecule has 0 radical (unpaired) electrons. The maximum absolute atomic E-state index is 12.5. The Hall–Kier alpha value is -2.27. The molecule has 4 unspecified atom stereocenters. The summed E-state index contributed by atoms with van der Waals surface area (Å²) >= 11 is 0. The minimum absolute atomic E-state index is 0.0106. The Morgan fingerprint density at radius 1 is 0.587 bits per heavy atom. The first kappa shape index (κ1) is 53.3. The van der Waals surface area contributed by atoms with Crippen molar-refractivity contribution in [1.82, 2.24) is 10.4 Å². The molecule has 23 nitrogen and oxygen atoms in total. The number of aliphatic hydroxyl groups excluding tert-OH is 11. The van der Waals surface area contributed by atoms with Gasteiger partial charge in [-0.1, -0.05) is 64.2 Å². The number of amides is 2. The summed E-state index contributed by atoms with van der Waals surface area (Å²) in [5.74, 6) is -1.11. The van der Waals surface area contributed by atoms with Crippen molar-refractivity contribution in [3.8, 4) is 0 Å². The van der Waals surface area contributed by atoms with Crippen LogP contribution < -0.4 is 5.32 Å². The molecule has 0 aliphatic carbocycles. The highest BCUT2D eigenvalue weighted by Gasteiger charge is 2.52. The molecule has 0 saturated carbocycles. The molecule has 0 aromatic heterocycles. The normalized spacial score (nSPS) is 36.1. The highest BCUT2D eigenvalue weighted by Crippen LogP contribution is 2.31. The van der Waals surface area contributed by atoms with E-state index >= 15 is 0 Å². The lowest BCUT2D eigenvalue weighted by Gasteiger charge is -2.46. The number of hydrogen-bond donors (Lipinski definition) is 12. The van der Waals surface area contributed by atoms with Crippen LogP contribution in [0.3, 0.4) is 0 Å². The molecule has 16 atom stereocenters. The second-order valence-corrected chi connectivity index (χ2v) is 16.5. The van der Waals surface area contributed by atoms with Gasteiger partial charge in [0.05, 0.1) is 26.4 Å². The van der Waals surface area contributed by atoms with Crippen molar-refractivity contribution >= 4 is 17.8 Å². The first-order valence-corrected chi connectivity index (χ1v) is 22.2. The van der Waals surface area contributed by atoms with E-state index in [-0.39, 0.29) is 50.6 Å². The average molecular weight is 915 g/mol. The molecule has 4 fully saturated rings. The lowest BCUT2D eigenvalue weighted by Crippen LogP contribution is -2.65. The van der Waals surface area contributed by atoms with Gasteiger partial charge in [-0.25, -0.2) is 4.79 Å². The van der Waals surface area contributed by atoms with E-state index < -0.39 is 124 Å². The van der Waals surface area contributed by atoms with Gasteiger partial charge in [-0.3, -0.25) is 9.59 Å². The molecule has 63 heavy (non-hydrogen) atoms. The molecule has 0 aromatic carbocycles. The van der Waals surface area contributed by atoms with Crippen LogP contribution in [0.25, 0.3) is 0 Å². The van der Waals surface area contributed by atoms with Gasteiger partial charge in [0.15, 0.2) is 25.1 Å². The smallest absolute Gasteiger partial charge is 0.332 e. The SMILES string of the molecule is O=C(CCCCCCCCCCCCCCC(=O)ON1C(=O)CCC1O)NCCO[C@@H]1O[C@H](CO[C@H]2OC(CO)[C@@H](O)[C@H](O)[C@@H]2O)[C@@H](O)[C@H](O[C@H]2OC(CO)[C@@H](O)[C@H](O)C2O)[C@@H]1O. The number of unbranched alkanes of at least 4 members (excludes halogenated alkanes) is 11. The third-order valence-electron chi connectivity index (χ3n) is 11.6. The zero-order valence-electron chi connectivity index (χ0n) is 35.5. The Labute approximate surface area is 365 Å². The zero-order valence-corrected chi connectivity index (χ0v) is 35.5. The number of carbonyl (C=O) groups is 3. The van der Waals surface area contributed by atoms with Gasteiger partial charge >= 0.3 is 5.97 Å². The number of aliphatic hydroxyl groups is 11. The molecule has 4 saturated heterocycles. The molecule has 2 amide bonds. The third kappa shape index (κ3) is 15.9. The number of hydrogen-bond acceptors (Lipinski definition) is 21. The van der Waals surface area contributed by atoms with E-state index in [4.69, 9.17) is 33.3 Å².